The van der Waals surface area contributed by atoms with E-state index in [1.165, 1.54) is 0 Å². The summed E-state index contributed by atoms with van der Waals surface area (Å²) in [6, 6.07) is 7.52. The van der Waals surface area contributed by atoms with Crippen LogP contribution in [-0.2, 0) is 13.2 Å². The molecule has 1 aromatic carbocycles. The zero-order valence-corrected chi connectivity index (χ0v) is 11.3. The van der Waals surface area contributed by atoms with Gasteiger partial charge in [-0.15, -0.1) is 11.3 Å². The lowest BCUT2D eigenvalue weighted by Crippen LogP contribution is -1.95. The standard InChI is InChI=1S/C13H16N2O2S/c1-9-12(7-14)18-13(15-9)8-17-11-5-3-4-10(6-11)16-2/h3-6H,7-8,14H2,1-2H3. The lowest BCUT2D eigenvalue weighted by Gasteiger charge is -2.05. The number of thiazole rings is 1. The van der Waals surface area contributed by atoms with Gasteiger partial charge in [0.2, 0.25) is 0 Å². The van der Waals surface area contributed by atoms with Gasteiger partial charge in [-0.05, 0) is 19.1 Å². The highest BCUT2D eigenvalue weighted by Crippen LogP contribution is 2.22. The molecule has 2 rings (SSSR count). The maximum Gasteiger partial charge on any atom is 0.140 e. The number of rotatable bonds is 5. The third kappa shape index (κ3) is 3.00. The molecular weight excluding hydrogens is 248 g/mol. The van der Waals surface area contributed by atoms with Crippen LogP contribution in [0.25, 0.3) is 0 Å². The van der Waals surface area contributed by atoms with Crippen molar-refractivity contribution in [1.82, 2.24) is 4.98 Å². The number of aromatic nitrogens is 1. The second-order valence-corrected chi connectivity index (χ2v) is 4.96. The predicted octanol–water partition coefficient (Wildman–Crippen LogP) is 2.50. The van der Waals surface area contributed by atoms with Crippen molar-refractivity contribution in [2.45, 2.75) is 20.1 Å². The Kier molecular flexibility index (Phi) is 4.17. The highest BCUT2D eigenvalue weighted by atomic mass is 32.1. The molecule has 0 saturated carbocycles. The smallest absolute Gasteiger partial charge is 0.140 e. The van der Waals surface area contributed by atoms with Gasteiger partial charge in [-0.3, -0.25) is 0 Å². The van der Waals surface area contributed by atoms with Crippen molar-refractivity contribution in [3.63, 3.8) is 0 Å². The lowest BCUT2D eigenvalue weighted by molar-refractivity contribution is 0.303. The van der Waals surface area contributed by atoms with Crippen molar-refractivity contribution in [2.24, 2.45) is 5.73 Å². The number of nitrogens with zero attached hydrogens (tertiary/aromatic N) is 1. The molecule has 0 bridgehead atoms. The molecule has 96 valence electrons. The van der Waals surface area contributed by atoms with E-state index in [1.807, 2.05) is 31.2 Å². The number of ether oxygens (including phenoxy) is 2. The molecule has 0 amide bonds. The van der Waals surface area contributed by atoms with Gasteiger partial charge >= 0.3 is 0 Å². The van der Waals surface area contributed by atoms with Crippen LogP contribution in [0.5, 0.6) is 11.5 Å². The topological polar surface area (TPSA) is 57.4 Å². The van der Waals surface area contributed by atoms with Crippen molar-refractivity contribution in [2.75, 3.05) is 7.11 Å². The van der Waals surface area contributed by atoms with Gasteiger partial charge in [0.15, 0.2) is 0 Å². The van der Waals surface area contributed by atoms with E-state index in [0.717, 1.165) is 27.1 Å². The van der Waals surface area contributed by atoms with Gasteiger partial charge in [-0.25, -0.2) is 4.98 Å². The lowest BCUT2D eigenvalue weighted by atomic mass is 10.3. The zero-order chi connectivity index (χ0) is 13.0. The molecule has 2 N–H and O–H groups in total. The summed E-state index contributed by atoms with van der Waals surface area (Å²) in [5.41, 5.74) is 6.61. The molecule has 0 unspecified atom stereocenters. The van der Waals surface area contributed by atoms with Crippen LogP contribution in [0.3, 0.4) is 0 Å². The van der Waals surface area contributed by atoms with Crippen LogP contribution in [0.15, 0.2) is 24.3 Å². The van der Waals surface area contributed by atoms with Crippen LogP contribution in [0.2, 0.25) is 0 Å². The molecule has 1 aromatic heterocycles. The highest BCUT2D eigenvalue weighted by Gasteiger charge is 2.06. The van der Waals surface area contributed by atoms with Crippen LogP contribution in [0.1, 0.15) is 15.6 Å². The molecule has 5 heteroatoms. The Labute approximate surface area is 110 Å². The Bertz CT molecular complexity index is 525. The largest absolute Gasteiger partial charge is 0.497 e. The van der Waals surface area contributed by atoms with Gasteiger partial charge in [0.1, 0.15) is 23.1 Å². The normalized spacial score (nSPS) is 10.4. The third-order valence-electron chi connectivity index (χ3n) is 2.53. The molecule has 1 heterocycles. The summed E-state index contributed by atoms with van der Waals surface area (Å²) in [6.45, 7) is 2.95. The Balaban J connectivity index is 2.01. The predicted molar refractivity (Wildman–Crippen MR) is 72.1 cm³/mol. The van der Waals surface area contributed by atoms with Crippen LogP contribution >= 0.6 is 11.3 Å². The SMILES string of the molecule is COc1cccc(OCc2nc(C)c(CN)s2)c1. The Morgan fingerprint density at radius 1 is 1.33 bits per heavy atom. The molecule has 0 aliphatic heterocycles. The first-order valence-electron chi connectivity index (χ1n) is 5.65. The van der Waals surface area contributed by atoms with Gasteiger partial charge in [-0.1, -0.05) is 6.07 Å². The van der Waals surface area contributed by atoms with Gasteiger partial charge in [-0.2, -0.15) is 0 Å². The molecule has 0 atom stereocenters. The molecule has 0 aliphatic carbocycles. The minimum Gasteiger partial charge on any atom is -0.497 e. The monoisotopic (exact) mass is 264 g/mol. The Hall–Kier alpha value is -1.59. The van der Waals surface area contributed by atoms with Crippen molar-refractivity contribution >= 4 is 11.3 Å². The molecular formula is C13H16N2O2S. The third-order valence-corrected chi connectivity index (χ3v) is 3.68. The van der Waals surface area contributed by atoms with Crippen LogP contribution < -0.4 is 15.2 Å². The minimum absolute atomic E-state index is 0.457. The second kappa shape index (κ2) is 5.84. The Morgan fingerprint density at radius 3 is 2.78 bits per heavy atom. The number of hydrogen-bond donors (Lipinski definition) is 1. The molecule has 0 fully saturated rings. The number of hydrogen-bond acceptors (Lipinski definition) is 5. The van der Waals surface area contributed by atoms with E-state index in [1.54, 1.807) is 18.4 Å². The van der Waals surface area contributed by atoms with Gasteiger partial charge in [0.25, 0.3) is 0 Å². The van der Waals surface area contributed by atoms with E-state index in [9.17, 15) is 0 Å². The molecule has 18 heavy (non-hydrogen) atoms. The van der Waals surface area contributed by atoms with Crippen LogP contribution in [0, 0.1) is 6.92 Å². The summed E-state index contributed by atoms with van der Waals surface area (Å²) < 4.78 is 10.8. The zero-order valence-electron chi connectivity index (χ0n) is 10.5. The summed E-state index contributed by atoms with van der Waals surface area (Å²) >= 11 is 1.60. The number of methoxy groups -OCH3 is 1. The second-order valence-electron chi connectivity index (χ2n) is 3.79. The molecule has 0 radical (unpaired) electrons. The molecule has 0 aliphatic rings. The van der Waals surface area contributed by atoms with Gasteiger partial charge in [0.05, 0.1) is 12.8 Å². The van der Waals surface area contributed by atoms with E-state index in [4.69, 9.17) is 15.2 Å². The fraction of sp³-hybridized carbons (Fsp3) is 0.308. The first kappa shape index (κ1) is 12.9. The maximum absolute atomic E-state index is 5.67. The van der Waals surface area contributed by atoms with Crippen molar-refractivity contribution in [3.05, 3.63) is 39.8 Å². The number of aryl methyl sites for hydroxylation is 1. The van der Waals surface area contributed by atoms with Crippen LogP contribution in [-0.4, -0.2) is 12.1 Å². The summed E-state index contributed by atoms with van der Waals surface area (Å²) in [5.74, 6) is 1.56. The maximum atomic E-state index is 5.67. The fourth-order valence-corrected chi connectivity index (χ4v) is 2.44. The number of benzene rings is 1. The van der Waals surface area contributed by atoms with Gasteiger partial charge < -0.3 is 15.2 Å². The molecule has 0 saturated heterocycles. The van der Waals surface area contributed by atoms with E-state index < -0.39 is 0 Å². The number of nitrogens with two attached hydrogens (primary N) is 1. The summed E-state index contributed by atoms with van der Waals surface area (Å²) in [4.78, 5) is 5.53. The van der Waals surface area contributed by atoms with Crippen molar-refractivity contribution in [1.29, 1.82) is 0 Å². The quantitative estimate of drug-likeness (QED) is 0.901. The summed E-state index contributed by atoms with van der Waals surface area (Å²) in [5, 5.41) is 0.941. The Morgan fingerprint density at radius 2 is 2.11 bits per heavy atom. The minimum atomic E-state index is 0.457. The summed E-state index contributed by atoms with van der Waals surface area (Å²) in [6.07, 6.45) is 0. The first-order valence-corrected chi connectivity index (χ1v) is 6.46. The van der Waals surface area contributed by atoms with E-state index >= 15 is 0 Å². The molecule has 0 spiro atoms. The highest BCUT2D eigenvalue weighted by molar-refractivity contribution is 7.11. The average molecular weight is 264 g/mol. The van der Waals surface area contributed by atoms with E-state index in [-0.39, 0.29) is 0 Å². The van der Waals surface area contributed by atoms with Gasteiger partial charge in [0, 0.05) is 17.5 Å². The average Bonchev–Trinajstić information content (AvgIpc) is 2.77. The molecule has 2 aromatic rings. The summed E-state index contributed by atoms with van der Waals surface area (Å²) in [7, 11) is 1.64. The van der Waals surface area contributed by atoms with Crippen molar-refractivity contribution < 1.29 is 9.47 Å². The van der Waals surface area contributed by atoms with E-state index in [0.29, 0.717) is 13.2 Å². The molecule has 4 nitrogen and oxygen atoms in total. The first-order chi connectivity index (χ1) is 8.72. The van der Waals surface area contributed by atoms with E-state index in [2.05, 4.69) is 4.98 Å². The fourth-order valence-electron chi connectivity index (χ4n) is 1.58. The van der Waals surface area contributed by atoms with Crippen molar-refractivity contribution in [3.8, 4) is 11.5 Å². The van der Waals surface area contributed by atoms with Crippen LogP contribution in [0.4, 0.5) is 0 Å².